The van der Waals surface area contributed by atoms with Gasteiger partial charge in [0.15, 0.2) is 0 Å². The molecule has 0 bridgehead atoms. The van der Waals surface area contributed by atoms with Gasteiger partial charge in [-0.1, -0.05) is 47.3 Å². The van der Waals surface area contributed by atoms with Crippen LogP contribution in [0.1, 0.15) is 63.0 Å². The van der Waals surface area contributed by atoms with E-state index in [1.54, 1.807) is 0 Å². The molecule has 0 heterocycles. The number of halogens is 1. The van der Waals surface area contributed by atoms with Crippen molar-refractivity contribution in [2.75, 3.05) is 0 Å². The van der Waals surface area contributed by atoms with Crippen LogP contribution >= 0.6 is 15.9 Å². The molecular weight excluding hydrogens is 286 g/mol. The summed E-state index contributed by atoms with van der Waals surface area (Å²) >= 11 is 3.75. The predicted molar refractivity (Wildman–Crippen MR) is 81.9 cm³/mol. The molecule has 1 aromatic rings. The maximum absolute atomic E-state index is 6.08. The lowest BCUT2D eigenvalue weighted by Crippen LogP contribution is -2.34. The van der Waals surface area contributed by atoms with Crippen LogP contribution in [-0.4, -0.2) is 5.54 Å². The number of benzene rings is 1. The summed E-state index contributed by atoms with van der Waals surface area (Å²) in [7, 11) is 0. The third kappa shape index (κ3) is 3.83. The van der Waals surface area contributed by atoms with Gasteiger partial charge in [-0.2, -0.15) is 0 Å². The molecule has 0 aliphatic heterocycles. The molecule has 1 aromatic carbocycles. The third-order valence-electron chi connectivity index (χ3n) is 3.77. The minimum atomic E-state index is -0.133. The van der Waals surface area contributed by atoms with Crippen LogP contribution < -0.4 is 5.73 Å². The molecule has 100 valence electrons. The Morgan fingerprint density at radius 1 is 1.22 bits per heavy atom. The summed E-state index contributed by atoms with van der Waals surface area (Å²) in [4.78, 5) is 0. The molecule has 0 spiro atoms. The Hall–Kier alpha value is -0.340. The molecule has 1 aliphatic carbocycles. The van der Waals surface area contributed by atoms with Crippen molar-refractivity contribution < 1.29 is 0 Å². The zero-order chi connectivity index (χ0) is 13.2. The quantitative estimate of drug-likeness (QED) is 0.854. The topological polar surface area (TPSA) is 26.0 Å². The van der Waals surface area contributed by atoms with Crippen molar-refractivity contribution in [2.45, 2.75) is 63.8 Å². The molecule has 1 saturated carbocycles. The number of hydrogen-bond donors (Lipinski definition) is 1. The summed E-state index contributed by atoms with van der Waals surface area (Å²) in [6, 6.07) is 6.82. The zero-order valence-corrected chi connectivity index (χ0v) is 13.1. The van der Waals surface area contributed by atoms with Gasteiger partial charge >= 0.3 is 0 Å². The molecule has 1 aliphatic rings. The van der Waals surface area contributed by atoms with Crippen LogP contribution in [0.15, 0.2) is 22.7 Å². The molecule has 1 nitrogen and oxygen atoms in total. The maximum atomic E-state index is 6.08. The van der Waals surface area contributed by atoms with E-state index in [1.807, 2.05) is 0 Å². The van der Waals surface area contributed by atoms with E-state index >= 15 is 0 Å². The van der Waals surface area contributed by atoms with E-state index in [4.69, 9.17) is 5.73 Å². The fourth-order valence-corrected chi connectivity index (χ4v) is 3.70. The van der Waals surface area contributed by atoms with Gasteiger partial charge in [0.05, 0.1) is 0 Å². The fraction of sp³-hybridized carbons (Fsp3) is 0.625. The van der Waals surface area contributed by atoms with Gasteiger partial charge in [-0.25, -0.2) is 0 Å². The average Bonchev–Trinajstić information content (AvgIpc) is 2.28. The lowest BCUT2D eigenvalue weighted by atomic mass is 9.83. The van der Waals surface area contributed by atoms with Gasteiger partial charge in [-0.3, -0.25) is 0 Å². The van der Waals surface area contributed by atoms with E-state index in [9.17, 15) is 0 Å². The Morgan fingerprint density at radius 2 is 1.89 bits per heavy atom. The van der Waals surface area contributed by atoms with Gasteiger partial charge in [-0.15, -0.1) is 0 Å². The van der Waals surface area contributed by atoms with Gasteiger partial charge < -0.3 is 5.73 Å². The van der Waals surface area contributed by atoms with Crippen LogP contribution in [0.4, 0.5) is 0 Å². The molecule has 1 fully saturated rings. The van der Waals surface area contributed by atoms with Crippen molar-refractivity contribution in [2.24, 2.45) is 5.73 Å². The SMILES string of the molecule is CC(C)(N)Cc1ccc(C2CCCCC2)c(Br)c1. The highest BCUT2D eigenvalue weighted by Gasteiger charge is 2.19. The monoisotopic (exact) mass is 309 g/mol. The first-order valence-electron chi connectivity index (χ1n) is 7.03. The van der Waals surface area contributed by atoms with Crippen molar-refractivity contribution in [1.82, 2.24) is 0 Å². The standard InChI is InChI=1S/C16H24BrN/c1-16(2,18)11-12-8-9-14(15(17)10-12)13-6-4-3-5-7-13/h8-10,13H,3-7,11,18H2,1-2H3. The molecule has 0 saturated heterocycles. The smallest absolute Gasteiger partial charge is 0.0212 e. The van der Waals surface area contributed by atoms with E-state index in [2.05, 4.69) is 48.0 Å². The van der Waals surface area contributed by atoms with Crippen LogP contribution in [0.3, 0.4) is 0 Å². The summed E-state index contributed by atoms with van der Waals surface area (Å²) in [5, 5.41) is 0. The Balaban J connectivity index is 2.14. The number of nitrogens with two attached hydrogens (primary N) is 1. The first-order chi connectivity index (χ1) is 8.46. The second-order valence-electron chi connectivity index (χ2n) is 6.36. The van der Waals surface area contributed by atoms with Crippen LogP contribution in [-0.2, 0) is 6.42 Å². The normalized spacial score (nSPS) is 18.0. The van der Waals surface area contributed by atoms with Crippen LogP contribution in [0.25, 0.3) is 0 Å². The lowest BCUT2D eigenvalue weighted by Gasteiger charge is -2.24. The first kappa shape index (κ1) is 14.1. The Labute approximate surface area is 119 Å². The Kier molecular flexibility index (Phi) is 4.50. The van der Waals surface area contributed by atoms with Gasteiger partial charge in [0.1, 0.15) is 0 Å². The lowest BCUT2D eigenvalue weighted by molar-refractivity contribution is 0.442. The molecule has 18 heavy (non-hydrogen) atoms. The Morgan fingerprint density at radius 3 is 2.44 bits per heavy atom. The maximum Gasteiger partial charge on any atom is 0.0212 e. The minimum absolute atomic E-state index is 0.133. The van der Waals surface area contributed by atoms with Gasteiger partial charge in [0, 0.05) is 10.0 Å². The summed E-state index contributed by atoms with van der Waals surface area (Å²) in [6.45, 7) is 4.16. The highest BCUT2D eigenvalue weighted by atomic mass is 79.9. The van der Waals surface area contributed by atoms with Crippen molar-refractivity contribution in [3.05, 3.63) is 33.8 Å². The van der Waals surface area contributed by atoms with Crippen LogP contribution in [0, 0.1) is 0 Å². The molecule has 0 amide bonds. The molecule has 0 aromatic heterocycles. The summed E-state index contributed by atoms with van der Waals surface area (Å²) in [5.74, 6) is 0.757. The Bertz CT molecular complexity index is 400. The summed E-state index contributed by atoms with van der Waals surface area (Å²) in [5.41, 5.74) is 8.77. The number of hydrogen-bond acceptors (Lipinski definition) is 1. The van der Waals surface area contributed by atoms with E-state index in [0.717, 1.165) is 12.3 Å². The zero-order valence-electron chi connectivity index (χ0n) is 11.5. The largest absolute Gasteiger partial charge is 0.325 e. The molecule has 0 radical (unpaired) electrons. The van der Waals surface area contributed by atoms with Crippen LogP contribution in [0.2, 0.25) is 0 Å². The first-order valence-corrected chi connectivity index (χ1v) is 7.82. The highest BCUT2D eigenvalue weighted by Crippen LogP contribution is 2.36. The fourth-order valence-electron chi connectivity index (χ4n) is 2.95. The van der Waals surface area contributed by atoms with Crippen molar-refractivity contribution >= 4 is 15.9 Å². The summed E-state index contributed by atoms with van der Waals surface area (Å²) in [6.07, 6.45) is 7.80. The van der Waals surface area contributed by atoms with Crippen LogP contribution in [0.5, 0.6) is 0 Å². The van der Waals surface area contributed by atoms with Gasteiger partial charge in [0.25, 0.3) is 0 Å². The second kappa shape index (κ2) is 5.75. The van der Waals surface area contributed by atoms with Crippen molar-refractivity contribution in [3.8, 4) is 0 Å². The highest BCUT2D eigenvalue weighted by molar-refractivity contribution is 9.10. The van der Waals surface area contributed by atoms with E-state index in [1.165, 1.54) is 47.7 Å². The molecular formula is C16H24BrN. The van der Waals surface area contributed by atoms with E-state index in [0.29, 0.717) is 0 Å². The van der Waals surface area contributed by atoms with Gasteiger partial charge in [-0.05, 0) is 56.2 Å². The molecule has 2 N–H and O–H groups in total. The molecule has 0 unspecified atom stereocenters. The second-order valence-corrected chi connectivity index (χ2v) is 7.21. The van der Waals surface area contributed by atoms with E-state index < -0.39 is 0 Å². The molecule has 2 rings (SSSR count). The van der Waals surface area contributed by atoms with Crippen molar-refractivity contribution in [3.63, 3.8) is 0 Å². The predicted octanol–water partition coefficient (Wildman–Crippen LogP) is 4.78. The number of rotatable bonds is 3. The average molecular weight is 310 g/mol. The van der Waals surface area contributed by atoms with Gasteiger partial charge in [0.2, 0.25) is 0 Å². The molecule has 0 atom stereocenters. The third-order valence-corrected chi connectivity index (χ3v) is 4.46. The summed E-state index contributed by atoms with van der Waals surface area (Å²) < 4.78 is 1.27. The minimum Gasteiger partial charge on any atom is -0.325 e. The van der Waals surface area contributed by atoms with Crippen molar-refractivity contribution in [1.29, 1.82) is 0 Å². The van der Waals surface area contributed by atoms with E-state index in [-0.39, 0.29) is 5.54 Å². The molecule has 2 heteroatoms.